The third kappa shape index (κ3) is 5.52. The van der Waals surface area contributed by atoms with Crippen LogP contribution in [0.1, 0.15) is 21.5 Å². The summed E-state index contributed by atoms with van der Waals surface area (Å²) in [5.74, 6) is 1.09. The van der Waals surface area contributed by atoms with Crippen LogP contribution in [-0.2, 0) is 6.61 Å². The van der Waals surface area contributed by atoms with E-state index < -0.39 is 5.97 Å². The smallest absolute Gasteiger partial charge is 0.335 e. The van der Waals surface area contributed by atoms with Crippen LogP contribution in [0.4, 0.5) is 0 Å². The molecule has 2 heterocycles. The number of benzene rings is 4. The van der Waals surface area contributed by atoms with E-state index in [-0.39, 0.29) is 23.6 Å². The molecule has 0 atom stereocenters. The van der Waals surface area contributed by atoms with E-state index >= 15 is 0 Å². The molecule has 6 rings (SSSR count). The lowest BCUT2D eigenvalue weighted by Crippen LogP contribution is -2.20. The Kier molecular flexibility index (Phi) is 7.86. The van der Waals surface area contributed by atoms with Gasteiger partial charge in [-0.25, -0.2) is 9.78 Å². The van der Waals surface area contributed by atoms with Crippen molar-refractivity contribution in [1.82, 2.24) is 9.66 Å². The molecule has 0 spiro atoms. The third-order valence-electron chi connectivity index (χ3n) is 6.87. The van der Waals surface area contributed by atoms with Gasteiger partial charge in [0.1, 0.15) is 17.9 Å². The van der Waals surface area contributed by atoms with Crippen LogP contribution in [0, 0.1) is 0 Å². The normalized spacial score (nSPS) is 11.3. The highest BCUT2D eigenvalue weighted by molar-refractivity contribution is 9.10. The molecule has 6 aromatic rings. The quantitative estimate of drug-likeness (QED) is 0.170. The van der Waals surface area contributed by atoms with Crippen molar-refractivity contribution in [2.24, 2.45) is 5.10 Å². The fourth-order valence-corrected chi connectivity index (χ4v) is 5.26. The minimum Gasteiger partial charge on any atom is -0.496 e. The Labute approximate surface area is 258 Å². The predicted octanol–water partition coefficient (Wildman–Crippen LogP) is 6.75. The maximum absolute atomic E-state index is 13.7. The summed E-state index contributed by atoms with van der Waals surface area (Å²) in [7, 11) is 3.10. The van der Waals surface area contributed by atoms with Gasteiger partial charge in [-0.05, 0) is 81.7 Å². The second-order valence-electron chi connectivity index (χ2n) is 9.62. The van der Waals surface area contributed by atoms with Crippen molar-refractivity contribution in [3.05, 3.63) is 116 Å². The van der Waals surface area contributed by atoms with Gasteiger partial charge in [0.15, 0.2) is 17.3 Å². The van der Waals surface area contributed by atoms with Crippen molar-refractivity contribution >= 4 is 50.0 Å². The van der Waals surface area contributed by atoms with Gasteiger partial charge in [-0.1, -0.05) is 30.3 Å². The molecule has 0 unspecified atom stereocenters. The van der Waals surface area contributed by atoms with Crippen molar-refractivity contribution in [1.29, 1.82) is 0 Å². The number of para-hydroxylation sites is 1. The zero-order valence-electron chi connectivity index (χ0n) is 23.5. The SMILES string of the molecule is COc1cc(C=Nn2c(-c3cc4c(OC)cccc4o3)nc3ccccc3c2=O)cc(Br)c1OCc1ccc(C(=O)O)cc1. The topological polar surface area (TPSA) is 125 Å². The van der Waals surface area contributed by atoms with Crippen molar-refractivity contribution in [3.63, 3.8) is 0 Å². The molecule has 0 saturated carbocycles. The zero-order chi connectivity index (χ0) is 30.8. The lowest BCUT2D eigenvalue weighted by atomic mass is 10.1. The predicted molar refractivity (Wildman–Crippen MR) is 169 cm³/mol. The number of carboxylic acid groups (broad SMARTS) is 1. The lowest BCUT2D eigenvalue weighted by Gasteiger charge is -2.14. The average Bonchev–Trinajstić information content (AvgIpc) is 3.48. The summed E-state index contributed by atoms with van der Waals surface area (Å²) in [6, 6.07) is 24.2. The van der Waals surface area contributed by atoms with Gasteiger partial charge in [-0.15, -0.1) is 0 Å². The Bertz CT molecular complexity index is 2120. The second-order valence-corrected chi connectivity index (χ2v) is 10.5. The fraction of sp³-hybridized carbons (Fsp3) is 0.0909. The van der Waals surface area contributed by atoms with E-state index in [2.05, 4.69) is 21.0 Å². The van der Waals surface area contributed by atoms with E-state index in [1.165, 1.54) is 30.1 Å². The maximum atomic E-state index is 13.7. The van der Waals surface area contributed by atoms with E-state index in [1.54, 1.807) is 55.6 Å². The number of furan rings is 1. The first kappa shape index (κ1) is 28.7. The largest absolute Gasteiger partial charge is 0.496 e. The summed E-state index contributed by atoms with van der Waals surface area (Å²) in [6.07, 6.45) is 1.52. The number of ether oxygens (including phenoxy) is 3. The minimum absolute atomic E-state index is 0.187. The molecule has 2 aromatic heterocycles. The van der Waals surface area contributed by atoms with E-state index in [4.69, 9.17) is 28.7 Å². The number of fused-ring (bicyclic) bond motifs is 2. The van der Waals surface area contributed by atoms with Gasteiger partial charge in [-0.2, -0.15) is 9.78 Å². The van der Waals surface area contributed by atoms with Crippen molar-refractivity contribution in [2.75, 3.05) is 14.2 Å². The molecule has 220 valence electrons. The van der Waals surface area contributed by atoms with Gasteiger partial charge in [-0.3, -0.25) is 4.79 Å². The highest BCUT2D eigenvalue weighted by Gasteiger charge is 2.18. The Morgan fingerprint density at radius 1 is 0.977 bits per heavy atom. The molecule has 44 heavy (non-hydrogen) atoms. The molecule has 0 aliphatic carbocycles. The number of carbonyl (C=O) groups is 1. The van der Waals surface area contributed by atoms with Gasteiger partial charge in [0.2, 0.25) is 5.82 Å². The molecule has 0 amide bonds. The Hall–Kier alpha value is -5.42. The molecule has 1 N–H and O–H groups in total. The molecule has 0 aliphatic heterocycles. The Morgan fingerprint density at radius 2 is 1.75 bits per heavy atom. The number of nitrogens with zero attached hydrogens (tertiary/aromatic N) is 3. The maximum Gasteiger partial charge on any atom is 0.335 e. The van der Waals surface area contributed by atoms with E-state index in [0.29, 0.717) is 49.5 Å². The molecule has 0 radical (unpaired) electrons. The number of methoxy groups -OCH3 is 2. The summed E-state index contributed by atoms with van der Waals surface area (Å²) < 4.78 is 25.0. The van der Waals surface area contributed by atoms with Crippen LogP contribution < -0.4 is 19.8 Å². The Morgan fingerprint density at radius 3 is 2.50 bits per heavy atom. The first-order valence-electron chi connectivity index (χ1n) is 13.3. The number of carboxylic acids is 1. The molecule has 0 aliphatic rings. The standard InChI is InChI=1S/C33H24BrN3O7/c1-41-26-8-5-9-27-23(26)16-29(44-27)31-36-25-7-4-3-6-22(25)32(38)37(31)35-17-20-14-24(34)30(28(15-20)42-2)43-18-19-10-12-21(13-11-19)33(39)40/h3-17H,18H2,1-2H3,(H,39,40). The zero-order valence-corrected chi connectivity index (χ0v) is 25.1. The Balaban J connectivity index is 1.37. The highest BCUT2D eigenvalue weighted by atomic mass is 79.9. The van der Waals surface area contributed by atoms with Crippen LogP contribution in [0.25, 0.3) is 33.5 Å². The van der Waals surface area contributed by atoms with E-state index in [9.17, 15) is 9.59 Å². The summed E-state index contributed by atoms with van der Waals surface area (Å²) >= 11 is 3.55. The average molecular weight is 654 g/mol. The van der Waals surface area contributed by atoms with Crippen LogP contribution in [0.5, 0.6) is 17.2 Å². The third-order valence-corrected chi connectivity index (χ3v) is 7.46. The van der Waals surface area contributed by atoms with Crippen molar-refractivity contribution in [2.45, 2.75) is 6.61 Å². The van der Waals surface area contributed by atoms with Crippen LogP contribution in [0.15, 0.2) is 104 Å². The molecular weight excluding hydrogens is 630 g/mol. The number of aromatic nitrogens is 2. The summed E-state index contributed by atoms with van der Waals surface area (Å²) in [6.45, 7) is 0.187. The number of hydrogen-bond acceptors (Lipinski definition) is 8. The molecule has 0 saturated heterocycles. The highest BCUT2D eigenvalue weighted by Crippen LogP contribution is 2.37. The van der Waals surface area contributed by atoms with Crippen molar-refractivity contribution < 1.29 is 28.5 Å². The first-order valence-corrected chi connectivity index (χ1v) is 14.1. The summed E-state index contributed by atoms with van der Waals surface area (Å²) in [4.78, 5) is 29.5. The molecule has 0 bridgehead atoms. The van der Waals surface area contributed by atoms with Gasteiger partial charge < -0.3 is 23.7 Å². The van der Waals surface area contributed by atoms with E-state index in [1.807, 2.05) is 24.3 Å². The van der Waals surface area contributed by atoms with Gasteiger partial charge in [0.25, 0.3) is 5.56 Å². The molecule has 0 fully saturated rings. The van der Waals surface area contributed by atoms with E-state index in [0.717, 1.165) is 10.9 Å². The number of hydrogen-bond donors (Lipinski definition) is 1. The molecule has 4 aromatic carbocycles. The van der Waals surface area contributed by atoms with Crippen LogP contribution in [-0.4, -0.2) is 41.2 Å². The van der Waals surface area contributed by atoms with Crippen LogP contribution >= 0.6 is 15.9 Å². The lowest BCUT2D eigenvalue weighted by molar-refractivity contribution is 0.0697. The number of aromatic carboxylic acids is 1. The summed E-state index contributed by atoms with van der Waals surface area (Å²) in [5, 5.41) is 14.8. The number of rotatable bonds is 9. The molecule has 11 heteroatoms. The van der Waals surface area contributed by atoms with Gasteiger partial charge in [0, 0.05) is 0 Å². The molecular formula is C33H24BrN3O7. The summed E-state index contributed by atoms with van der Waals surface area (Å²) in [5.41, 5.74) is 2.32. The monoisotopic (exact) mass is 653 g/mol. The number of halogens is 1. The van der Waals surface area contributed by atoms with Crippen LogP contribution in [0.3, 0.4) is 0 Å². The van der Waals surface area contributed by atoms with Crippen molar-refractivity contribution in [3.8, 4) is 28.8 Å². The van der Waals surface area contributed by atoms with Crippen LogP contribution in [0.2, 0.25) is 0 Å². The second kappa shape index (κ2) is 12.1. The fourth-order valence-electron chi connectivity index (χ4n) is 4.69. The first-order chi connectivity index (χ1) is 21.4. The van der Waals surface area contributed by atoms with Gasteiger partial charge in [0.05, 0.1) is 46.8 Å². The molecule has 10 nitrogen and oxygen atoms in total. The minimum atomic E-state index is -0.995. The van der Waals surface area contributed by atoms with Gasteiger partial charge >= 0.3 is 5.97 Å².